The molecule has 2 aromatic carbocycles. The van der Waals surface area contributed by atoms with Crippen LogP contribution in [0.4, 0.5) is 10.5 Å². The van der Waals surface area contributed by atoms with Crippen molar-refractivity contribution >= 4 is 52.2 Å². The van der Waals surface area contributed by atoms with Crippen molar-refractivity contribution in [1.82, 2.24) is 4.90 Å². The molecule has 0 saturated carbocycles. The van der Waals surface area contributed by atoms with E-state index in [1.807, 2.05) is 6.07 Å². The second kappa shape index (κ2) is 9.45. The number of thioether (sulfide) groups is 1. The zero-order chi connectivity index (χ0) is 20.8. The third-order valence-electron chi connectivity index (χ3n) is 3.85. The Hall–Kier alpha value is -3.03. The highest BCUT2D eigenvalue weighted by molar-refractivity contribution is 8.18. The minimum atomic E-state index is -0.528. The molecule has 3 rings (SSSR count). The smallest absolute Gasteiger partial charge is 0.294 e. The van der Waals surface area contributed by atoms with E-state index in [1.54, 1.807) is 54.6 Å². The van der Waals surface area contributed by atoms with Crippen LogP contribution in [-0.4, -0.2) is 35.1 Å². The number of para-hydroxylation sites is 1. The quantitative estimate of drug-likeness (QED) is 0.516. The Morgan fingerprint density at radius 2 is 2.00 bits per heavy atom. The summed E-state index contributed by atoms with van der Waals surface area (Å²) >= 11 is 6.67. The largest absolute Gasteiger partial charge is 0.489 e. The normalized spacial score (nSPS) is 14.9. The number of hydrogen-bond acceptors (Lipinski definition) is 5. The van der Waals surface area contributed by atoms with E-state index in [4.69, 9.17) is 16.3 Å². The summed E-state index contributed by atoms with van der Waals surface area (Å²) in [7, 11) is 0. The van der Waals surface area contributed by atoms with Crippen LogP contribution in [0.15, 0.2) is 66.1 Å². The molecule has 1 fully saturated rings. The number of rotatable bonds is 7. The molecule has 29 heavy (non-hydrogen) atoms. The van der Waals surface area contributed by atoms with E-state index in [-0.39, 0.29) is 11.4 Å². The lowest BCUT2D eigenvalue weighted by molar-refractivity contribution is -0.127. The first-order valence-corrected chi connectivity index (χ1v) is 9.81. The van der Waals surface area contributed by atoms with Crippen LogP contribution in [0.25, 0.3) is 6.08 Å². The number of carbonyl (C=O) groups excluding carboxylic acids is 3. The Kier molecular flexibility index (Phi) is 6.74. The van der Waals surface area contributed by atoms with E-state index in [2.05, 4.69) is 11.9 Å². The van der Waals surface area contributed by atoms with Gasteiger partial charge in [-0.1, -0.05) is 48.5 Å². The number of benzene rings is 2. The Labute approximate surface area is 177 Å². The van der Waals surface area contributed by atoms with Gasteiger partial charge in [-0.3, -0.25) is 19.3 Å². The van der Waals surface area contributed by atoms with Gasteiger partial charge in [-0.25, -0.2) is 0 Å². The Bertz CT molecular complexity index is 1010. The molecular weight excluding hydrogens is 412 g/mol. The fourth-order valence-corrected chi connectivity index (χ4v) is 3.59. The molecule has 0 aliphatic carbocycles. The van der Waals surface area contributed by atoms with Crippen molar-refractivity contribution < 1.29 is 19.1 Å². The molecule has 3 amide bonds. The predicted octanol–water partition coefficient (Wildman–Crippen LogP) is 4.58. The maximum atomic E-state index is 12.6. The van der Waals surface area contributed by atoms with Gasteiger partial charge < -0.3 is 10.1 Å². The molecule has 8 heteroatoms. The second-order valence-electron chi connectivity index (χ2n) is 5.96. The first-order valence-electron chi connectivity index (χ1n) is 8.61. The monoisotopic (exact) mass is 428 g/mol. The summed E-state index contributed by atoms with van der Waals surface area (Å²) in [5.74, 6) is -0.455. The van der Waals surface area contributed by atoms with Crippen LogP contribution in [0.2, 0.25) is 5.02 Å². The lowest BCUT2D eigenvalue weighted by Crippen LogP contribution is -2.36. The minimum absolute atomic E-state index is 0.222. The van der Waals surface area contributed by atoms with Gasteiger partial charge in [0.05, 0.1) is 4.91 Å². The molecule has 148 valence electrons. The summed E-state index contributed by atoms with van der Waals surface area (Å²) in [4.78, 5) is 38.3. The molecule has 1 aliphatic heterocycles. The van der Waals surface area contributed by atoms with Crippen molar-refractivity contribution in [2.75, 3.05) is 18.5 Å². The molecule has 0 bridgehead atoms. The van der Waals surface area contributed by atoms with Crippen molar-refractivity contribution in [3.05, 3.63) is 76.7 Å². The van der Waals surface area contributed by atoms with Gasteiger partial charge in [0.1, 0.15) is 18.9 Å². The van der Waals surface area contributed by atoms with Gasteiger partial charge in [0.25, 0.3) is 11.1 Å². The summed E-state index contributed by atoms with van der Waals surface area (Å²) in [6, 6.07) is 13.7. The number of imide groups is 1. The number of anilines is 1. The number of carbonyl (C=O) groups is 3. The summed E-state index contributed by atoms with van der Waals surface area (Å²) in [5, 5.41) is 2.58. The molecule has 0 unspecified atom stereocenters. The summed E-state index contributed by atoms with van der Waals surface area (Å²) in [5.41, 5.74) is 1.14. The highest BCUT2D eigenvalue weighted by atomic mass is 35.5. The van der Waals surface area contributed by atoms with Crippen molar-refractivity contribution in [1.29, 1.82) is 0 Å². The molecule has 0 spiro atoms. The van der Waals surface area contributed by atoms with Gasteiger partial charge in [0.2, 0.25) is 5.91 Å². The van der Waals surface area contributed by atoms with Crippen LogP contribution < -0.4 is 10.1 Å². The fraction of sp³-hybridized carbons (Fsp3) is 0.0952. The van der Waals surface area contributed by atoms with Crippen molar-refractivity contribution in [3.8, 4) is 5.75 Å². The molecular formula is C21H17ClN2O4S. The summed E-state index contributed by atoms with van der Waals surface area (Å²) < 4.78 is 5.57. The van der Waals surface area contributed by atoms with E-state index >= 15 is 0 Å². The maximum absolute atomic E-state index is 12.6. The lowest BCUT2D eigenvalue weighted by Gasteiger charge is -2.12. The molecule has 0 radical (unpaired) electrons. The fourth-order valence-electron chi connectivity index (χ4n) is 2.57. The van der Waals surface area contributed by atoms with Crippen LogP contribution >= 0.6 is 23.4 Å². The third-order valence-corrected chi connectivity index (χ3v) is 4.99. The van der Waals surface area contributed by atoms with Crippen LogP contribution in [0.5, 0.6) is 5.75 Å². The van der Waals surface area contributed by atoms with Crippen molar-refractivity contribution in [3.63, 3.8) is 0 Å². The molecule has 1 heterocycles. The van der Waals surface area contributed by atoms with E-state index < -0.39 is 17.1 Å². The Morgan fingerprint density at radius 3 is 2.76 bits per heavy atom. The number of nitrogens with one attached hydrogen (secondary N) is 1. The number of nitrogens with zero attached hydrogens (tertiary/aromatic N) is 1. The van der Waals surface area contributed by atoms with E-state index in [1.165, 1.54) is 0 Å². The zero-order valence-corrected chi connectivity index (χ0v) is 16.8. The number of hydrogen-bond donors (Lipinski definition) is 1. The molecule has 1 N–H and O–H groups in total. The SMILES string of the molecule is C=CCOc1ccccc1/C=C1\SC(=O)N(CC(=O)Nc2cccc(Cl)c2)C1=O. The number of amides is 3. The topological polar surface area (TPSA) is 75.7 Å². The molecule has 6 nitrogen and oxygen atoms in total. The average Bonchev–Trinajstić information content (AvgIpc) is 2.94. The third kappa shape index (κ3) is 5.28. The van der Waals surface area contributed by atoms with Crippen molar-refractivity contribution in [2.45, 2.75) is 0 Å². The van der Waals surface area contributed by atoms with E-state index in [9.17, 15) is 14.4 Å². The average molecular weight is 429 g/mol. The number of ether oxygens (including phenoxy) is 1. The standard InChI is InChI=1S/C21H17ClN2O4S/c1-2-10-28-17-9-4-3-6-14(17)11-18-20(26)24(21(27)29-18)13-19(25)23-16-8-5-7-15(22)12-16/h2-9,11-12H,1,10,13H2,(H,23,25)/b18-11-. The Morgan fingerprint density at radius 1 is 1.21 bits per heavy atom. The zero-order valence-electron chi connectivity index (χ0n) is 15.3. The van der Waals surface area contributed by atoms with Crippen LogP contribution in [-0.2, 0) is 9.59 Å². The highest BCUT2D eigenvalue weighted by Gasteiger charge is 2.36. The predicted molar refractivity (Wildman–Crippen MR) is 115 cm³/mol. The van der Waals surface area contributed by atoms with Gasteiger partial charge >= 0.3 is 0 Å². The van der Waals surface area contributed by atoms with Gasteiger partial charge in [0, 0.05) is 16.3 Å². The molecule has 2 aromatic rings. The number of halogens is 1. The summed E-state index contributed by atoms with van der Waals surface area (Å²) in [6.07, 6.45) is 3.20. The van der Waals surface area contributed by atoms with Crippen LogP contribution in [0.3, 0.4) is 0 Å². The minimum Gasteiger partial charge on any atom is -0.489 e. The molecule has 1 saturated heterocycles. The van der Waals surface area contributed by atoms with E-state index in [0.717, 1.165) is 16.7 Å². The summed E-state index contributed by atoms with van der Waals surface area (Å²) in [6.45, 7) is 3.54. The second-order valence-corrected chi connectivity index (χ2v) is 7.39. The molecule has 0 atom stereocenters. The molecule has 0 aromatic heterocycles. The van der Waals surface area contributed by atoms with E-state index in [0.29, 0.717) is 28.6 Å². The van der Waals surface area contributed by atoms with Gasteiger partial charge in [-0.15, -0.1) is 0 Å². The van der Waals surface area contributed by atoms with Gasteiger partial charge in [-0.05, 0) is 42.1 Å². The van der Waals surface area contributed by atoms with Gasteiger partial charge in [0.15, 0.2) is 0 Å². The highest BCUT2D eigenvalue weighted by Crippen LogP contribution is 2.34. The first kappa shape index (κ1) is 20.7. The van der Waals surface area contributed by atoms with Crippen LogP contribution in [0.1, 0.15) is 5.56 Å². The first-order chi connectivity index (χ1) is 14.0. The van der Waals surface area contributed by atoms with Crippen molar-refractivity contribution in [2.24, 2.45) is 0 Å². The molecule has 1 aliphatic rings. The lowest BCUT2D eigenvalue weighted by atomic mass is 10.2. The van der Waals surface area contributed by atoms with Crippen LogP contribution in [0, 0.1) is 0 Å². The Balaban J connectivity index is 1.72. The van der Waals surface area contributed by atoms with Gasteiger partial charge in [-0.2, -0.15) is 0 Å². The maximum Gasteiger partial charge on any atom is 0.294 e.